The smallest absolute Gasteiger partial charge is 0.189 e. The van der Waals surface area contributed by atoms with Gasteiger partial charge in [-0.15, -0.1) is 0 Å². The molecule has 94 valence electrons. The van der Waals surface area contributed by atoms with Gasteiger partial charge >= 0.3 is 0 Å². The highest BCUT2D eigenvalue weighted by molar-refractivity contribution is 5.78. The second kappa shape index (κ2) is 5.86. The minimum atomic E-state index is 0.0864. The first kappa shape index (κ1) is 12.2. The van der Waals surface area contributed by atoms with Crippen LogP contribution in [0.5, 0.6) is 0 Å². The van der Waals surface area contributed by atoms with E-state index >= 15 is 0 Å². The molecule has 0 aliphatic rings. The molecule has 1 heterocycles. The molecule has 0 bridgehead atoms. The van der Waals surface area contributed by atoms with Crippen molar-refractivity contribution < 1.29 is 0 Å². The van der Waals surface area contributed by atoms with Crippen LogP contribution in [0.1, 0.15) is 24.1 Å². The largest absolute Gasteiger partial charge is 0.370 e. The highest BCUT2D eigenvalue weighted by Crippen LogP contribution is 2.08. The van der Waals surface area contributed by atoms with Gasteiger partial charge in [0.1, 0.15) is 0 Å². The van der Waals surface area contributed by atoms with Crippen molar-refractivity contribution in [3.8, 4) is 0 Å². The molecular formula is C13H17N5. The number of H-pyrrole nitrogens is 1. The average Bonchev–Trinajstić information content (AvgIpc) is 2.91. The molecule has 0 radical (unpaired) electrons. The molecule has 0 aliphatic carbocycles. The number of nitrogens with one attached hydrogen (secondary N) is 2. The van der Waals surface area contributed by atoms with E-state index < -0.39 is 0 Å². The van der Waals surface area contributed by atoms with Gasteiger partial charge in [0.2, 0.25) is 0 Å². The van der Waals surface area contributed by atoms with Gasteiger partial charge in [0.25, 0.3) is 0 Å². The molecule has 0 saturated carbocycles. The summed E-state index contributed by atoms with van der Waals surface area (Å²) in [5, 5.41) is 9.79. The summed E-state index contributed by atoms with van der Waals surface area (Å²) in [5.41, 5.74) is 8.02. The van der Waals surface area contributed by atoms with Crippen LogP contribution in [0.25, 0.3) is 0 Å². The van der Waals surface area contributed by atoms with Crippen molar-refractivity contribution in [2.75, 3.05) is 0 Å². The van der Waals surface area contributed by atoms with Gasteiger partial charge < -0.3 is 11.1 Å². The molecule has 5 heteroatoms. The summed E-state index contributed by atoms with van der Waals surface area (Å²) in [6, 6.07) is 10.1. The lowest BCUT2D eigenvalue weighted by molar-refractivity contribution is 0.708. The number of guanidine groups is 1. The normalized spacial score (nSPS) is 13.3. The molecule has 4 N–H and O–H groups in total. The molecule has 1 atom stereocenters. The first-order chi connectivity index (χ1) is 8.75. The van der Waals surface area contributed by atoms with E-state index in [0.717, 1.165) is 11.1 Å². The van der Waals surface area contributed by atoms with Gasteiger partial charge in [0.15, 0.2) is 5.96 Å². The first-order valence-corrected chi connectivity index (χ1v) is 5.85. The lowest BCUT2D eigenvalue weighted by atomic mass is 10.2. The van der Waals surface area contributed by atoms with Crippen LogP contribution in [0.4, 0.5) is 0 Å². The predicted octanol–water partition coefficient (Wildman–Crippen LogP) is 1.58. The molecule has 18 heavy (non-hydrogen) atoms. The number of hydrogen-bond acceptors (Lipinski definition) is 2. The zero-order chi connectivity index (χ0) is 12.8. The van der Waals surface area contributed by atoms with Crippen molar-refractivity contribution in [3.63, 3.8) is 0 Å². The summed E-state index contributed by atoms with van der Waals surface area (Å²) >= 11 is 0. The van der Waals surface area contributed by atoms with Crippen molar-refractivity contribution in [2.24, 2.45) is 10.7 Å². The molecule has 2 aromatic rings. The van der Waals surface area contributed by atoms with E-state index in [2.05, 4.69) is 20.5 Å². The Kier molecular flexibility index (Phi) is 3.96. The van der Waals surface area contributed by atoms with Crippen molar-refractivity contribution in [2.45, 2.75) is 19.5 Å². The van der Waals surface area contributed by atoms with Gasteiger partial charge in [-0.25, -0.2) is 4.99 Å². The van der Waals surface area contributed by atoms with E-state index in [1.807, 2.05) is 43.5 Å². The Hall–Kier alpha value is -2.30. The second-order valence-corrected chi connectivity index (χ2v) is 4.08. The van der Waals surface area contributed by atoms with Crippen molar-refractivity contribution in [1.29, 1.82) is 0 Å². The number of rotatable bonds is 4. The zero-order valence-electron chi connectivity index (χ0n) is 10.3. The lowest BCUT2D eigenvalue weighted by Crippen LogP contribution is -2.33. The summed E-state index contributed by atoms with van der Waals surface area (Å²) in [5.74, 6) is 0.438. The highest BCUT2D eigenvalue weighted by atomic mass is 15.1. The van der Waals surface area contributed by atoms with Crippen LogP contribution < -0.4 is 11.1 Å². The molecule has 0 amide bonds. The van der Waals surface area contributed by atoms with Crippen LogP contribution in [0.15, 0.2) is 47.7 Å². The summed E-state index contributed by atoms with van der Waals surface area (Å²) in [4.78, 5) is 4.30. The number of nitrogens with zero attached hydrogens (tertiary/aromatic N) is 2. The Morgan fingerprint density at radius 2 is 2.22 bits per heavy atom. The maximum atomic E-state index is 5.84. The van der Waals surface area contributed by atoms with E-state index in [1.165, 1.54) is 0 Å². The number of hydrogen-bond donors (Lipinski definition) is 3. The van der Waals surface area contributed by atoms with E-state index in [9.17, 15) is 0 Å². The zero-order valence-corrected chi connectivity index (χ0v) is 10.3. The van der Waals surface area contributed by atoms with Crippen LogP contribution in [-0.2, 0) is 6.54 Å². The fourth-order valence-corrected chi connectivity index (χ4v) is 1.61. The van der Waals surface area contributed by atoms with Crippen molar-refractivity contribution in [3.05, 3.63) is 53.9 Å². The van der Waals surface area contributed by atoms with Gasteiger partial charge in [-0.2, -0.15) is 5.10 Å². The van der Waals surface area contributed by atoms with E-state index in [1.54, 1.807) is 6.20 Å². The summed E-state index contributed by atoms with van der Waals surface area (Å²) < 4.78 is 0. The van der Waals surface area contributed by atoms with Crippen LogP contribution >= 0.6 is 0 Å². The Labute approximate surface area is 106 Å². The maximum absolute atomic E-state index is 5.84. The Bertz CT molecular complexity index is 489. The molecule has 1 unspecified atom stereocenters. The number of aliphatic imine (C=N–C) groups is 1. The highest BCUT2D eigenvalue weighted by Gasteiger charge is 2.06. The van der Waals surface area contributed by atoms with Crippen LogP contribution in [-0.4, -0.2) is 16.2 Å². The molecule has 0 aliphatic heterocycles. The Morgan fingerprint density at radius 1 is 1.44 bits per heavy atom. The predicted molar refractivity (Wildman–Crippen MR) is 71.9 cm³/mol. The van der Waals surface area contributed by atoms with E-state index in [0.29, 0.717) is 12.5 Å². The van der Waals surface area contributed by atoms with Crippen molar-refractivity contribution in [1.82, 2.24) is 15.5 Å². The molecule has 5 nitrogen and oxygen atoms in total. The number of benzene rings is 1. The van der Waals surface area contributed by atoms with E-state index in [4.69, 9.17) is 5.73 Å². The molecule has 1 aromatic heterocycles. The summed E-state index contributed by atoms with van der Waals surface area (Å²) in [6.07, 6.45) is 3.60. The van der Waals surface area contributed by atoms with Crippen LogP contribution in [0, 0.1) is 0 Å². The average molecular weight is 243 g/mol. The monoisotopic (exact) mass is 243 g/mol. The fourth-order valence-electron chi connectivity index (χ4n) is 1.61. The third-order valence-corrected chi connectivity index (χ3v) is 2.66. The molecule has 0 fully saturated rings. The second-order valence-electron chi connectivity index (χ2n) is 4.08. The molecule has 2 rings (SSSR count). The van der Waals surface area contributed by atoms with E-state index in [-0.39, 0.29) is 6.04 Å². The van der Waals surface area contributed by atoms with Gasteiger partial charge in [0.05, 0.1) is 18.8 Å². The quantitative estimate of drug-likeness (QED) is 0.563. The molecule has 0 spiro atoms. The minimum Gasteiger partial charge on any atom is -0.370 e. The molecule has 0 saturated heterocycles. The fraction of sp³-hybridized carbons (Fsp3) is 0.231. The number of aromatic amines is 1. The number of nitrogens with two attached hydrogens (primary N) is 1. The van der Waals surface area contributed by atoms with Gasteiger partial charge in [-0.05, 0) is 12.5 Å². The molecule has 1 aromatic carbocycles. The van der Waals surface area contributed by atoms with Crippen LogP contribution in [0.3, 0.4) is 0 Å². The Morgan fingerprint density at radius 3 is 2.89 bits per heavy atom. The third-order valence-electron chi connectivity index (χ3n) is 2.66. The van der Waals surface area contributed by atoms with Gasteiger partial charge in [-0.1, -0.05) is 30.3 Å². The van der Waals surface area contributed by atoms with Gasteiger partial charge in [-0.3, -0.25) is 5.10 Å². The van der Waals surface area contributed by atoms with Crippen molar-refractivity contribution >= 4 is 5.96 Å². The first-order valence-electron chi connectivity index (χ1n) is 5.85. The minimum absolute atomic E-state index is 0.0864. The lowest BCUT2D eigenvalue weighted by Gasteiger charge is -2.12. The summed E-state index contributed by atoms with van der Waals surface area (Å²) in [6.45, 7) is 2.59. The van der Waals surface area contributed by atoms with Gasteiger partial charge in [0, 0.05) is 11.8 Å². The SMILES string of the molecule is CC(NC(N)=NCc1ccccc1)c1cn[nH]c1. The molecular weight excluding hydrogens is 226 g/mol. The topological polar surface area (TPSA) is 79.1 Å². The Balaban J connectivity index is 1.90. The third kappa shape index (κ3) is 3.35. The van der Waals surface area contributed by atoms with Crippen LogP contribution in [0.2, 0.25) is 0 Å². The maximum Gasteiger partial charge on any atom is 0.189 e. The summed E-state index contributed by atoms with van der Waals surface area (Å²) in [7, 11) is 0. The standard InChI is InChI=1S/C13H17N5/c1-10(12-8-16-17-9-12)18-13(14)15-7-11-5-3-2-4-6-11/h2-6,8-10H,7H2,1H3,(H,16,17)(H3,14,15,18). The number of aromatic nitrogens is 2.